The lowest BCUT2D eigenvalue weighted by Gasteiger charge is -2.08. The lowest BCUT2D eigenvalue weighted by molar-refractivity contribution is -0.141. The van der Waals surface area contributed by atoms with E-state index in [2.05, 4.69) is 20.5 Å². The number of thiophene rings is 1. The number of carbonyl (C=O) groups is 1. The van der Waals surface area contributed by atoms with Gasteiger partial charge in [0.05, 0.1) is 16.8 Å². The predicted molar refractivity (Wildman–Crippen MR) is 112 cm³/mol. The summed E-state index contributed by atoms with van der Waals surface area (Å²) in [5.74, 6) is -0.176. The van der Waals surface area contributed by atoms with Gasteiger partial charge in [0.25, 0.3) is 5.91 Å². The Bertz CT molecular complexity index is 1260. The SMILES string of the molecule is O=C(NCCCn1nc(C(F)(F)F)cc1C1CC1)c1cnn2c(-c3cccs3)ccnc12. The Morgan fingerprint density at radius 2 is 2.12 bits per heavy atom. The molecular weight excluding hydrogens is 441 g/mol. The highest BCUT2D eigenvalue weighted by Gasteiger charge is 2.37. The van der Waals surface area contributed by atoms with Crippen LogP contribution in [0.3, 0.4) is 0 Å². The van der Waals surface area contributed by atoms with Crippen LogP contribution in [0.2, 0.25) is 0 Å². The van der Waals surface area contributed by atoms with Gasteiger partial charge >= 0.3 is 6.18 Å². The molecule has 0 radical (unpaired) electrons. The number of nitrogens with one attached hydrogen (secondary N) is 1. The number of amides is 1. The Kier molecular flexibility index (Phi) is 5.20. The number of aryl methyl sites for hydroxylation is 1. The van der Waals surface area contributed by atoms with Crippen molar-refractivity contribution in [1.82, 2.24) is 29.7 Å². The van der Waals surface area contributed by atoms with Crippen molar-refractivity contribution < 1.29 is 18.0 Å². The van der Waals surface area contributed by atoms with Crippen LogP contribution in [0.25, 0.3) is 16.2 Å². The van der Waals surface area contributed by atoms with Crippen molar-refractivity contribution in [3.8, 4) is 10.6 Å². The molecule has 4 aromatic rings. The number of nitrogens with zero attached hydrogens (tertiary/aromatic N) is 5. The van der Waals surface area contributed by atoms with Gasteiger partial charge in [-0.3, -0.25) is 9.48 Å². The quantitative estimate of drug-likeness (QED) is 0.416. The van der Waals surface area contributed by atoms with E-state index in [1.807, 2.05) is 23.6 Å². The fraction of sp³-hybridized carbons (Fsp3) is 0.333. The van der Waals surface area contributed by atoms with Crippen molar-refractivity contribution >= 4 is 22.9 Å². The van der Waals surface area contributed by atoms with E-state index >= 15 is 0 Å². The lowest BCUT2D eigenvalue weighted by Crippen LogP contribution is -2.25. The van der Waals surface area contributed by atoms with E-state index in [0.29, 0.717) is 36.4 Å². The summed E-state index contributed by atoms with van der Waals surface area (Å²) in [6.07, 6.45) is 0.879. The molecule has 32 heavy (non-hydrogen) atoms. The van der Waals surface area contributed by atoms with E-state index in [9.17, 15) is 18.0 Å². The standard InChI is InChI=1S/C21H19F3N6OS/c22-21(23,24)18-11-16(13-4-5-13)29(28-18)9-2-7-26-20(31)14-12-27-30-15(6-8-25-19(14)30)17-3-1-10-32-17/h1,3,6,8,10-13H,2,4-5,7,9H2,(H,26,31). The summed E-state index contributed by atoms with van der Waals surface area (Å²) in [5.41, 5.74) is 1.40. The van der Waals surface area contributed by atoms with Crippen LogP contribution in [0.4, 0.5) is 13.2 Å². The molecule has 5 rings (SSSR count). The molecule has 1 N–H and O–H groups in total. The summed E-state index contributed by atoms with van der Waals surface area (Å²) >= 11 is 1.57. The molecule has 0 saturated heterocycles. The van der Waals surface area contributed by atoms with Gasteiger partial charge < -0.3 is 5.32 Å². The molecule has 1 fully saturated rings. The third kappa shape index (κ3) is 3.99. The predicted octanol–water partition coefficient (Wildman–Crippen LogP) is 4.37. The molecule has 0 atom stereocenters. The molecule has 0 aliphatic heterocycles. The van der Waals surface area contributed by atoms with Gasteiger partial charge in [-0.2, -0.15) is 23.4 Å². The topological polar surface area (TPSA) is 77.1 Å². The van der Waals surface area contributed by atoms with Crippen LogP contribution in [0, 0.1) is 0 Å². The second-order valence-corrected chi connectivity index (χ2v) is 8.61. The Labute approximate surface area is 184 Å². The molecule has 1 amide bonds. The Balaban J connectivity index is 1.24. The van der Waals surface area contributed by atoms with Crippen molar-refractivity contribution in [2.75, 3.05) is 6.54 Å². The van der Waals surface area contributed by atoms with Crippen LogP contribution in [0.1, 0.15) is 46.9 Å². The average Bonchev–Trinajstić information content (AvgIpc) is 3.18. The normalized spacial score (nSPS) is 14.2. The van der Waals surface area contributed by atoms with Crippen molar-refractivity contribution in [2.24, 2.45) is 0 Å². The molecule has 7 nitrogen and oxygen atoms in total. The maximum atomic E-state index is 13.0. The molecule has 1 saturated carbocycles. The van der Waals surface area contributed by atoms with Gasteiger partial charge in [-0.25, -0.2) is 9.50 Å². The Morgan fingerprint density at radius 1 is 1.28 bits per heavy atom. The van der Waals surface area contributed by atoms with Gasteiger partial charge in [-0.05, 0) is 42.8 Å². The summed E-state index contributed by atoms with van der Waals surface area (Å²) in [6.45, 7) is 0.601. The number of carbonyl (C=O) groups excluding carboxylic acids is 1. The first kappa shape index (κ1) is 20.7. The fourth-order valence-electron chi connectivity index (χ4n) is 3.65. The highest BCUT2D eigenvalue weighted by molar-refractivity contribution is 7.13. The van der Waals surface area contributed by atoms with E-state index < -0.39 is 11.9 Å². The van der Waals surface area contributed by atoms with E-state index in [0.717, 1.165) is 29.5 Å². The van der Waals surface area contributed by atoms with Gasteiger partial charge in [-0.15, -0.1) is 11.3 Å². The van der Waals surface area contributed by atoms with Crippen LogP contribution in [-0.4, -0.2) is 36.8 Å². The summed E-state index contributed by atoms with van der Waals surface area (Å²) < 4.78 is 42.1. The fourth-order valence-corrected chi connectivity index (χ4v) is 4.38. The van der Waals surface area contributed by atoms with Gasteiger partial charge in [0, 0.05) is 30.9 Å². The number of halogens is 3. The van der Waals surface area contributed by atoms with E-state index in [4.69, 9.17) is 0 Å². The van der Waals surface area contributed by atoms with Crippen LogP contribution in [-0.2, 0) is 12.7 Å². The Hall–Kier alpha value is -3.21. The van der Waals surface area contributed by atoms with Crippen molar-refractivity contribution in [3.05, 3.63) is 59.0 Å². The maximum absolute atomic E-state index is 13.0. The zero-order chi connectivity index (χ0) is 22.3. The number of hydrogen-bond donors (Lipinski definition) is 1. The molecule has 0 aromatic carbocycles. The summed E-state index contributed by atoms with van der Waals surface area (Å²) in [6, 6.07) is 6.89. The second kappa shape index (κ2) is 8.05. The van der Waals surface area contributed by atoms with Crippen LogP contribution in [0.15, 0.2) is 42.0 Å². The number of fused-ring (bicyclic) bond motifs is 1. The van der Waals surface area contributed by atoms with Crippen LogP contribution >= 0.6 is 11.3 Å². The highest BCUT2D eigenvalue weighted by atomic mass is 32.1. The number of alkyl halides is 3. The van der Waals surface area contributed by atoms with E-state index in [1.165, 1.54) is 10.9 Å². The average molecular weight is 460 g/mol. The van der Waals surface area contributed by atoms with E-state index in [1.54, 1.807) is 22.0 Å². The van der Waals surface area contributed by atoms with Crippen molar-refractivity contribution in [1.29, 1.82) is 0 Å². The largest absolute Gasteiger partial charge is 0.435 e. The van der Waals surface area contributed by atoms with Crippen molar-refractivity contribution in [2.45, 2.75) is 37.9 Å². The molecule has 0 spiro atoms. The van der Waals surface area contributed by atoms with Gasteiger partial charge in [0.1, 0.15) is 5.56 Å². The molecule has 4 heterocycles. The number of rotatable bonds is 7. The molecule has 0 unspecified atom stereocenters. The minimum absolute atomic E-state index is 0.149. The van der Waals surface area contributed by atoms with Crippen molar-refractivity contribution in [3.63, 3.8) is 0 Å². The third-order valence-corrected chi connectivity index (χ3v) is 6.24. The number of hydrogen-bond acceptors (Lipinski definition) is 5. The number of aromatic nitrogens is 5. The first-order chi connectivity index (χ1) is 15.4. The maximum Gasteiger partial charge on any atom is 0.435 e. The zero-order valence-corrected chi connectivity index (χ0v) is 17.7. The zero-order valence-electron chi connectivity index (χ0n) is 16.8. The molecule has 4 aromatic heterocycles. The molecule has 1 aliphatic rings. The summed E-state index contributed by atoms with van der Waals surface area (Å²) in [7, 11) is 0. The molecule has 11 heteroatoms. The molecular formula is C21H19F3N6OS. The summed E-state index contributed by atoms with van der Waals surface area (Å²) in [4.78, 5) is 18.0. The summed E-state index contributed by atoms with van der Waals surface area (Å²) in [5, 5.41) is 12.8. The minimum atomic E-state index is -4.46. The smallest absolute Gasteiger partial charge is 0.352 e. The van der Waals surface area contributed by atoms with Gasteiger partial charge in [0.15, 0.2) is 11.3 Å². The Morgan fingerprint density at radius 3 is 2.84 bits per heavy atom. The highest BCUT2D eigenvalue weighted by Crippen LogP contribution is 2.42. The monoisotopic (exact) mass is 460 g/mol. The molecule has 0 bridgehead atoms. The van der Waals surface area contributed by atoms with Gasteiger partial charge in [-0.1, -0.05) is 6.07 Å². The molecule has 1 aliphatic carbocycles. The van der Waals surface area contributed by atoms with Crippen LogP contribution in [0.5, 0.6) is 0 Å². The first-order valence-corrected chi connectivity index (χ1v) is 11.1. The van der Waals surface area contributed by atoms with E-state index in [-0.39, 0.29) is 11.8 Å². The lowest BCUT2D eigenvalue weighted by atomic mass is 10.2. The third-order valence-electron chi connectivity index (χ3n) is 5.35. The molecule has 166 valence electrons. The van der Waals surface area contributed by atoms with Gasteiger partial charge in [0.2, 0.25) is 0 Å². The van der Waals surface area contributed by atoms with Crippen LogP contribution < -0.4 is 5.32 Å². The first-order valence-electron chi connectivity index (χ1n) is 10.2. The second-order valence-electron chi connectivity index (χ2n) is 7.66. The minimum Gasteiger partial charge on any atom is -0.352 e.